The Hall–Kier alpha value is -1.36. The first kappa shape index (κ1) is 12.6. The number of ether oxygens (including phenoxy) is 1. The van der Waals surface area contributed by atoms with Crippen LogP contribution in [0.5, 0.6) is 0 Å². The van der Waals surface area contributed by atoms with Crippen LogP contribution in [-0.4, -0.2) is 22.0 Å². The summed E-state index contributed by atoms with van der Waals surface area (Å²) < 4.78 is 4.87. The molecule has 78 valence electrons. The van der Waals surface area contributed by atoms with Gasteiger partial charge in [0.25, 0.3) is 0 Å². The van der Waals surface area contributed by atoms with Gasteiger partial charge >= 0.3 is 5.97 Å². The highest BCUT2D eigenvalue weighted by molar-refractivity contribution is 5.85. The number of hydrogen-bond acceptors (Lipinski definition) is 5. The van der Waals surface area contributed by atoms with Gasteiger partial charge < -0.3 is 10.5 Å². The van der Waals surface area contributed by atoms with Crippen molar-refractivity contribution in [2.24, 2.45) is 0 Å². The van der Waals surface area contributed by atoms with Gasteiger partial charge in [0.1, 0.15) is 0 Å². The maximum Gasteiger partial charge on any atom is 0.376 e. The number of rotatable bonds is 2. The van der Waals surface area contributed by atoms with Crippen molar-refractivity contribution >= 4 is 24.1 Å². The van der Waals surface area contributed by atoms with Crippen LogP contribution < -0.4 is 5.73 Å². The van der Waals surface area contributed by atoms with Gasteiger partial charge in [-0.15, -0.1) is 12.4 Å². The molecular weight excluding hydrogens is 206 g/mol. The predicted molar refractivity (Wildman–Crippen MR) is 54.2 cm³/mol. The molecule has 1 rings (SSSR count). The third-order valence-electron chi connectivity index (χ3n) is 1.20. The molecular formula is C8H12ClN3O2. The van der Waals surface area contributed by atoms with E-state index in [9.17, 15) is 4.79 Å². The van der Waals surface area contributed by atoms with Crippen LogP contribution in [-0.2, 0) is 4.74 Å². The van der Waals surface area contributed by atoms with E-state index in [0.717, 1.165) is 0 Å². The molecule has 0 aliphatic carbocycles. The molecule has 5 nitrogen and oxygen atoms in total. The molecule has 0 unspecified atom stereocenters. The smallest absolute Gasteiger partial charge is 0.376 e. The van der Waals surface area contributed by atoms with Crippen LogP contribution in [0.4, 0.5) is 5.69 Å². The van der Waals surface area contributed by atoms with Crippen LogP contribution in [0.3, 0.4) is 0 Å². The van der Waals surface area contributed by atoms with Gasteiger partial charge in [0.2, 0.25) is 5.82 Å². The van der Waals surface area contributed by atoms with E-state index in [-0.39, 0.29) is 24.3 Å². The van der Waals surface area contributed by atoms with Crippen LogP contribution in [0.2, 0.25) is 0 Å². The van der Waals surface area contributed by atoms with Gasteiger partial charge in [-0.3, -0.25) is 0 Å². The molecule has 0 saturated carbocycles. The Labute approximate surface area is 88.1 Å². The minimum Gasteiger partial charge on any atom is -0.457 e. The number of nitrogens with zero attached hydrogens (tertiary/aromatic N) is 2. The molecule has 0 bridgehead atoms. The van der Waals surface area contributed by atoms with Crippen LogP contribution in [0, 0.1) is 0 Å². The van der Waals surface area contributed by atoms with Crippen molar-refractivity contribution < 1.29 is 9.53 Å². The van der Waals surface area contributed by atoms with Crippen LogP contribution in [0.15, 0.2) is 12.4 Å². The maximum atomic E-state index is 11.2. The van der Waals surface area contributed by atoms with E-state index in [4.69, 9.17) is 10.5 Å². The van der Waals surface area contributed by atoms with E-state index in [1.54, 1.807) is 13.8 Å². The highest BCUT2D eigenvalue weighted by Gasteiger charge is 2.11. The van der Waals surface area contributed by atoms with E-state index < -0.39 is 5.97 Å². The van der Waals surface area contributed by atoms with Gasteiger partial charge in [-0.2, -0.15) is 0 Å². The molecule has 0 radical (unpaired) electrons. The molecule has 0 atom stereocenters. The van der Waals surface area contributed by atoms with Gasteiger partial charge in [-0.1, -0.05) is 0 Å². The standard InChI is InChI=1S/C8H11N3O2.ClH/c1-5(2)13-8(12)7-10-3-6(9)4-11-7;/h3-5H,9H2,1-2H3;1H. The molecule has 1 aromatic rings. The zero-order valence-corrected chi connectivity index (χ0v) is 8.75. The number of carbonyl (C=O) groups is 1. The first-order valence-corrected chi connectivity index (χ1v) is 3.88. The molecule has 0 fully saturated rings. The maximum absolute atomic E-state index is 11.2. The summed E-state index contributed by atoms with van der Waals surface area (Å²) in [5.41, 5.74) is 5.77. The fourth-order valence-corrected chi connectivity index (χ4v) is 0.710. The van der Waals surface area contributed by atoms with Crippen molar-refractivity contribution in [1.82, 2.24) is 9.97 Å². The lowest BCUT2D eigenvalue weighted by Gasteiger charge is -2.05. The number of nitrogen functional groups attached to an aromatic ring is 1. The second-order valence-corrected chi connectivity index (χ2v) is 2.79. The average Bonchev–Trinajstić information content (AvgIpc) is 2.04. The summed E-state index contributed by atoms with van der Waals surface area (Å²) in [6, 6.07) is 0. The van der Waals surface area contributed by atoms with E-state index in [0.29, 0.717) is 5.69 Å². The lowest BCUT2D eigenvalue weighted by Crippen LogP contribution is -2.14. The third kappa shape index (κ3) is 3.57. The van der Waals surface area contributed by atoms with Gasteiger partial charge in [-0.05, 0) is 13.8 Å². The van der Waals surface area contributed by atoms with Crippen molar-refractivity contribution in [2.45, 2.75) is 20.0 Å². The summed E-state index contributed by atoms with van der Waals surface area (Å²) in [6.07, 6.45) is 2.56. The SMILES string of the molecule is CC(C)OC(=O)c1ncc(N)cn1.Cl. The topological polar surface area (TPSA) is 78.1 Å². The van der Waals surface area contributed by atoms with Crippen molar-refractivity contribution in [2.75, 3.05) is 5.73 Å². The number of halogens is 1. The average molecular weight is 218 g/mol. The lowest BCUT2D eigenvalue weighted by atomic mass is 10.4. The second kappa shape index (κ2) is 5.39. The summed E-state index contributed by atoms with van der Waals surface area (Å²) in [7, 11) is 0. The quantitative estimate of drug-likeness (QED) is 0.749. The Bertz CT molecular complexity index is 300. The fraction of sp³-hybridized carbons (Fsp3) is 0.375. The lowest BCUT2D eigenvalue weighted by molar-refractivity contribution is 0.0363. The van der Waals surface area contributed by atoms with Crippen molar-refractivity contribution in [3.63, 3.8) is 0 Å². The largest absolute Gasteiger partial charge is 0.457 e. The minimum absolute atomic E-state index is 0. The molecule has 0 aliphatic heterocycles. The Morgan fingerprint density at radius 2 is 1.93 bits per heavy atom. The summed E-state index contributed by atoms with van der Waals surface area (Å²) in [5, 5.41) is 0. The Kier molecular flexibility index (Phi) is 4.86. The molecule has 14 heavy (non-hydrogen) atoms. The van der Waals surface area contributed by atoms with E-state index in [1.165, 1.54) is 12.4 Å². The van der Waals surface area contributed by atoms with Crippen LogP contribution >= 0.6 is 12.4 Å². The van der Waals surface area contributed by atoms with Crippen LogP contribution in [0.1, 0.15) is 24.5 Å². The molecule has 1 heterocycles. The molecule has 1 aromatic heterocycles. The monoisotopic (exact) mass is 217 g/mol. The summed E-state index contributed by atoms with van der Waals surface area (Å²) in [4.78, 5) is 18.6. The summed E-state index contributed by atoms with van der Waals surface area (Å²) in [5.74, 6) is -0.502. The van der Waals surface area contributed by atoms with Gasteiger partial charge in [0.15, 0.2) is 0 Å². The number of carbonyl (C=O) groups excluding carboxylic acids is 1. The van der Waals surface area contributed by atoms with Crippen molar-refractivity contribution in [3.8, 4) is 0 Å². The number of esters is 1. The fourth-order valence-electron chi connectivity index (χ4n) is 0.710. The predicted octanol–water partition coefficient (Wildman–Crippen LogP) is 1.05. The van der Waals surface area contributed by atoms with E-state index in [2.05, 4.69) is 9.97 Å². The van der Waals surface area contributed by atoms with Gasteiger partial charge in [-0.25, -0.2) is 14.8 Å². The Balaban J connectivity index is 0.00000169. The molecule has 2 N–H and O–H groups in total. The van der Waals surface area contributed by atoms with E-state index in [1.807, 2.05) is 0 Å². The number of aromatic nitrogens is 2. The zero-order valence-electron chi connectivity index (χ0n) is 7.93. The molecule has 0 aromatic carbocycles. The zero-order chi connectivity index (χ0) is 9.84. The number of hydrogen-bond donors (Lipinski definition) is 1. The first-order chi connectivity index (χ1) is 6.09. The molecule has 0 saturated heterocycles. The number of anilines is 1. The summed E-state index contributed by atoms with van der Waals surface area (Å²) >= 11 is 0. The highest BCUT2D eigenvalue weighted by atomic mass is 35.5. The number of nitrogens with two attached hydrogens (primary N) is 1. The Morgan fingerprint density at radius 1 is 1.43 bits per heavy atom. The Morgan fingerprint density at radius 3 is 2.36 bits per heavy atom. The van der Waals surface area contributed by atoms with Crippen molar-refractivity contribution in [1.29, 1.82) is 0 Å². The molecule has 0 spiro atoms. The van der Waals surface area contributed by atoms with Crippen molar-refractivity contribution in [3.05, 3.63) is 18.2 Å². The van der Waals surface area contributed by atoms with Gasteiger partial charge in [0.05, 0.1) is 24.2 Å². The van der Waals surface area contributed by atoms with Crippen LogP contribution in [0.25, 0.3) is 0 Å². The first-order valence-electron chi connectivity index (χ1n) is 3.88. The van der Waals surface area contributed by atoms with E-state index >= 15 is 0 Å². The summed E-state index contributed by atoms with van der Waals surface area (Å²) in [6.45, 7) is 3.52. The van der Waals surface area contributed by atoms with Gasteiger partial charge in [0, 0.05) is 0 Å². The minimum atomic E-state index is -0.532. The second-order valence-electron chi connectivity index (χ2n) is 2.79. The molecule has 6 heteroatoms. The molecule has 0 amide bonds. The normalized spacial score (nSPS) is 9.36. The highest BCUT2D eigenvalue weighted by Crippen LogP contribution is 2.00. The molecule has 0 aliphatic rings. The third-order valence-corrected chi connectivity index (χ3v) is 1.20.